The van der Waals surface area contributed by atoms with Gasteiger partial charge in [-0.3, -0.25) is 0 Å². The first-order chi connectivity index (χ1) is 6.94. The van der Waals surface area contributed by atoms with Crippen LogP contribution < -0.4 is 5.32 Å². The van der Waals surface area contributed by atoms with E-state index in [9.17, 15) is 0 Å². The minimum Gasteiger partial charge on any atom is -0.383 e. The zero-order chi connectivity index (χ0) is 11.5. The van der Waals surface area contributed by atoms with E-state index < -0.39 is 0 Å². The number of anilines is 1. The molecule has 0 radical (unpaired) electrons. The molecule has 0 atom stereocenters. The van der Waals surface area contributed by atoms with Crippen LogP contribution in [0.4, 0.5) is 5.69 Å². The maximum atomic E-state index is 9.04. The van der Waals surface area contributed by atoms with E-state index in [4.69, 9.17) is 5.26 Å². The fourth-order valence-corrected chi connectivity index (χ4v) is 1.32. The van der Waals surface area contributed by atoms with Crippen LogP contribution in [0.5, 0.6) is 0 Å². The van der Waals surface area contributed by atoms with Gasteiger partial charge in [-0.2, -0.15) is 5.26 Å². The maximum absolute atomic E-state index is 9.04. The number of hydrogen-bond donors (Lipinski definition) is 1. The molecule has 15 heavy (non-hydrogen) atoms. The van der Waals surface area contributed by atoms with Crippen molar-refractivity contribution in [2.75, 3.05) is 11.9 Å². The molecule has 1 aromatic rings. The van der Waals surface area contributed by atoms with Crippen molar-refractivity contribution in [2.45, 2.75) is 27.7 Å². The topological polar surface area (TPSA) is 35.8 Å². The Morgan fingerprint density at radius 2 is 2.00 bits per heavy atom. The summed E-state index contributed by atoms with van der Waals surface area (Å²) in [4.78, 5) is 0. The first-order valence-electron chi connectivity index (χ1n) is 5.17. The second kappa shape index (κ2) is 4.35. The highest BCUT2D eigenvalue weighted by molar-refractivity contribution is 5.60. The predicted octanol–water partition coefficient (Wildman–Crippen LogP) is 3.32. The highest BCUT2D eigenvalue weighted by Gasteiger charge is 2.11. The van der Waals surface area contributed by atoms with E-state index in [2.05, 4.69) is 32.2 Å². The summed E-state index contributed by atoms with van der Waals surface area (Å²) in [5, 5.41) is 12.4. The van der Waals surface area contributed by atoms with Gasteiger partial charge in [0.05, 0.1) is 11.3 Å². The smallest absolute Gasteiger partial charge is 0.102 e. The van der Waals surface area contributed by atoms with Gasteiger partial charge < -0.3 is 5.32 Å². The third-order valence-corrected chi connectivity index (χ3v) is 2.19. The lowest BCUT2D eigenvalue weighted by Crippen LogP contribution is -2.19. The Morgan fingerprint density at radius 3 is 2.53 bits per heavy atom. The lowest BCUT2D eigenvalue weighted by molar-refractivity contribution is 0.443. The normalized spacial score (nSPS) is 10.9. The summed E-state index contributed by atoms with van der Waals surface area (Å²) in [7, 11) is 0. The van der Waals surface area contributed by atoms with Crippen molar-refractivity contribution in [3.8, 4) is 6.07 Å². The average molecular weight is 202 g/mol. The predicted molar refractivity (Wildman–Crippen MR) is 63.8 cm³/mol. The average Bonchev–Trinajstić information content (AvgIpc) is 2.13. The second-order valence-electron chi connectivity index (χ2n) is 5.02. The molecule has 0 aliphatic rings. The zero-order valence-corrected chi connectivity index (χ0v) is 9.89. The van der Waals surface area contributed by atoms with Gasteiger partial charge in [0.1, 0.15) is 6.07 Å². The monoisotopic (exact) mass is 202 g/mol. The molecule has 0 aromatic heterocycles. The third-order valence-electron chi connectivity index (χ3n) is 2.19. The summed E-state index contributed by atoms with van der Waals surface area (Å²) in [5.74, 6) is 0. The van der Waals surface area contributed by atoms with Crippen LogP contribution in [0.1, 0.15) is 31.9 Å². The number of nitrogens with zero attached hydrogens (tertiary/aromatic N) is 1. The van der Waals surface area contributed by atoms with E-state index in [1.807, 2.05) is 25.1 Å². The lowest BCUT2D eigenvalue weighted by Gasteiger charge is -2.20. The largest absolute Gasteiger partial charge is 0.383 e. The molecule has 1 aromatic carbocycles. The minimum atomic E-state index is 0.219. The van der Waals surface area contributed by atoms with Gasteiger partial charge in [0.2, 0.25) is 0 Å². The van der Waals surface area contributed by atoms with E-state index in [1.165, 1.54) is 0 Å². The molecule has 0 amide bonds. The standard InChI is InChI=1S/C13H18N2/c1-10-6-5-7-12(11(10)8-14)15-9-13(2,3)4/h5-7,15H,9H2,1-4H3. The van der Waals surface area contributed by atoms with E-state index in [-0.39, 0.29) is 5.41 Å². The number of hydrogen-bond acceptors (Lipinski definition) is 2. The van der Waals surface area contributed by atoms with Gasteiger partial charge in [0, 0.05) is 6.54 Å². The molecule has 0 heterocycles. The number of aryl methyl sites for hydroxylation is 1. The van der Waals surface area contributed by atoms with Gasteiger partial charge in [-0.15, -0.1) is 0 Å². The molecule has 1 N–H and O–H groups in total. The van der Waals surface area contributed by atoms with Crippen LogP contribution in [-0.2, 0) is 0 Å². The van der Waals surface area contributed by atoms with Crippen LogP contribution in [0.15, 0.2) is 18.2 Å². The Labute approximate surface area is 91.9 Å². The van der Waals surface area contributed by atoms with Crippen molar-refractivity contribution in [1.29, 1.82) is 5.26 Å². The first-order valence-corrected chi connectivity index (χ1v) is 5.17. The number of nitriles is 1. The van der Waals surface area contributed by atoms with Gasteiger partial charge in [-0.1, -0.05) is 32.9 Å². The Morgan fingerprint density at radius 1 is 1.33 bits per heavy atom. The van der Waals surface area contributed by atoms with Crippen molar-refractivity contribution in [3.05, 3.63) is 29.3 Å². The fourth-order valence-electron chi connectivity index (χ4n) is 1.32. The van der Waals surface area contributed by atoms with Crippen LogP contribution >= 0.6 is 0 Å². The molecule has 0 saturated heterocycles. The summed E-state index contributed by atoms with van der Waals surface area (Å²) in [6, 6.07) is 8.13. The zero-order valence-electron chi connectivity index (χ0n) is 9.89. The molecular formula is C13H18N2. The third kappa shape index (κ3) is 3.28. The first kappa shape index (κ1) is 11.6. The summed E-state index contributed by atoms with van der Waals surface area (Å²) in [6.07, 6.45) is 0. The molecule has 1 rings (SSSR count). The minimum absolute atomic E-state index is 0.219. The van der Waals surface area contributed by atoms with Gasteiger partial charge in [0.25, 0.3) is 0 Å². The molecule has 2 nitrogen and oxygen atoms in total. The highest BCUT2D eigenvalue weighted by Crippen LogP contribution is 2.21. The fraction of sp³-hybridized carbons (Fsp3) is 0.462. The quantitative estimate of drug-likeness (QED) is 0.798. The van der Waals surface area contributed by atoms with E-state index in [0.29, 0.717) is 0 Å². The Hall–Kier alpha value is -1.49. The van der Waals surface area contributed by atoms with Crippen molar-refractivity contribution < 1.29 is 0 Å². The Balaban J connectivity index is 2.87. The SMILES string of the molecule is Cc1cccc(NCC(C)(C)C)c1C#N. The van der Waals surface area contributed by atoms with Crippen LogP contribution in [-0.4, -0.2) is 6.54 Å². The van der Waals surface area contributed by atoms with Crippen LogP contribution in [0.2, 0.25) is 0 Å². The maximum Gasteiger partial charge on any atom is 0.102 e. The van der Waals surface area contributed by atoms with Crippen LogP contribution in [0, 0.1) is 23.7 Å². The molecule has 0 unspecified atom stereocenters. The summed E-state index contributed by atoms with van der Waals surface area (Å²) in [5.41, 5.74) is 2.93. The number of benzene rings is 1. The molecule has 2 heteroatoms. The Bertz CT molecular complexity index is 381. The summed E-state index contributed by atoms with van der Waals surface area (Å²) >= 11 is 0. The summed E-state index contributed by atoms with van der Waals surface area (Å²) in [6.45, 7) is 9.33. The molecule has 80 valence electrons. The molecule has 0 saturated carbocycles. The summed E-state index contributed by atoms with van der Waals surface area (Å²) < 4.78 is 0. The molecule has 0 aliphatic carbocycles. The number of rotatable bonds is 2. The Kier molecular flexibility index (Phi) is 3.36. The van der Waals surface area contributed by atoms with Crippen molar-refractivity contribution in [1.82, 2.24) is 0 Å². The second-order valence-corrected chi connectivity index (χ2v) is 5.02. The van der Waals surface area contributed by atoms with Crippen molar-refractivity contribution in [2.24, 2.45) is 5.41 Å². The lowest BCUT2D eigenvalue weighted by atomic mass is 9.96. The van der Waals surface area contributed by atoms with Crippen molar-refractivity contribution in [3.63, 3.8) is 0 Å². The van der Waals surface area contributed by atoms with E-state index in [0.717, 1.165) is 23.4 Å². The highest BCUT2D eigenvalue weighted by atomic mass is 14.9. The molecule has 0 bridgehead atoms. The molecule has 0 aliphatic heterocycles. The molecular weight excluding hydrogens is 184 g/mol. The van der Waals surface area contributed by atoms with Gasteiger partial charge in [-0.25, -0.2) is 0 Å². The number of nitrogens with one attached hydrogen (secondary N) is 1. The molecule has 0 spiro atoms. The van der Waals surface area contributed by atoms with E-state index >= 15 is 0 Å². The van der Waals surface area contributed by atoms with Crippen LogP contribution in [0.25, 0.3) is 0 Å². The van der Waals surface area contributed by atoms with Crippen molar-refractivity contribution >= 4 is 5.69 Å². The van der Waals surface area contributed by atoms with E-state index in [1.54, 1.807) is 0 Å². The van der Waals surface area contributed by atoms with Gasteiger partial charge in [0.15, 0.2) is 0 Å². The van der Waals surface area contributed by atoms with Crippen LogP contribution in [0.3, 0.4) is 0 Å². The van der Waals surface area contributed by atoms with Gasteiger partial charge in [-0.05, 0) is 24.0 Å². The van der Waals surface area contributed by atoms with Gasteiger partial charge >= 0.3 is 0 Å². The molecule has 0 fully saturated rings.